The largest absolute Gasteiger partial charge is 0.489 e. The van der Waals surface area contributed by atoms with Crippen LogP contribution in [0.1, 0.15) is 35.5 Å². The fourth-order valence-electron chi connectivity index (χ4n) is 3.97. The summed E-state index contributed by atoms with van der Waals surface area (Å²) in [6.07, 6.45) is 0. The summed E-state index contributed by atoms with van der Waals surface area (Å²) in [5, 5.41) is 4.00. The number of hydrogen-bond acceptors (Lipinski definition) is 3. The number of amides is 1. The summed E-state index contributed by atoms with van der Waals surface area (Å²) in [5.41, 5.74) is 4.75. The van der Waals surface area contributed by atoms with Crippen molar-refractivity contribution in [2.75, 3.05) is 18.4 Å². The summed E-state index contributed by atoms with van der Waals surface area (Å²) in [7, 11) is 1.91. The number of fused-ring (bicyclic) bond motifs is 1. The maximum absolute atomic E-state index is 13.0. The maximum Gasteiger partial charge on any atom is 0.272 e. The SMILES string of the molecule is CCN(CC)Cc1ccc(NC(=O)c2cc3cc(OCc4ccccc4)ccc3n2C)cc1. The summed E-state index contributed by atoms with van der Waals surface area (Å²) in [5.74, 6) is 0.657. The van der Waals surface area contributed by atoms with Gasteiger partial charge in [0.15, 0.2) is 0 Å². The van der Waals surface area contributed by atoms with Crippen LogP contribution in [0.3, 0.4) is 0 Å². The molecule has 3 aromatic carbocycles. The van der Waals surface area contributed by atoms with Crippen LogP contribution in [0, 0.1) is 0 Å². The molecular formula is C28H31N3O2. The van der Waals surface area contributed by atoms with Crippen molar-refractivity contribution in [3.63, 3.8) is 0 Å². The minimum Gasteiger partial charge on any atom is -0.489 e. The van der Waals surface area contributed by atoms with E-state index in [1.807, 2.05) is 78.3 Å². The Balaban J connectivity index is 1.45. The molecule has 0 unspecified atom stereocenters. The van der Waals surface area contributed by atoms with Gasteiger partial charge in [-0.2, -0.15) is 0 Å². The normalized spacial score (nSPS) is 11.2. The highest BCUT2D eigenvalue weighted by atomic mass is 16.5. The van der Waals surface area contributed by atoms with E-state index in [1.54, 1.807) is 0 Å². The van der Waals surface area contributed by atoms with E-state index in [4.69, 9.17) is 4.74 Å². The molecule has 0 aliphatic rings. The van der Waals surface area contributed by atoms with Crippen molar-refractivity contribution in [2.24, 2.45) is 7.05 Å². The van der Waals surface area contributed by atoms with Crippen LogP contribution in [0.25, 0.3) is 10.9 Å². The van der Waals surface area contributed by atoms with E-state index in [-0.39, 0.29) is 5.91 Å². The Morgan fingerprint density at radius 3 is 2.33 bits per heavy atom. The van der Waals surface area contributed by atoms with Gasteiger partial charge in [-0.3, -0.25) is 9.69 Å². The number of nitrogens with one attached hydrogen (secondary N) is 1. The number of aromatic nitrogens is 1. The van der Waals surface area contributed by atoms with E-state index in [1.165, 1.54) is 5.56 Å². The summed E-state index contributed by atoms with van der Waals surface area (Å²) in [6.45, 7) is 7.81. The molecule has 0 bridgehead atoms. The highest BCUT2D eigenvalue weighted by Crippen LogP contribution is 2.25. The second kappa shape index (κ2) is 10.4. The Morgan fingerprint density at radius 2 is 1.64 bits per heavy atom. The number of benzene rings is 3. The average Bonchev–Trinajstić information content (AvgIpc) is 3.18. The van der Waals surface area contributed by atoms with Crippen LogP contribution in [0.4, 0.5) is 5.69 Å². The van der Waals surface area contributed by atoms with Crippen molar-refractivity contribution >= 4 is 22.5 Å². The molecule has 1 aromatic heterocycles. The second-order valence-electron chi connectivity index (χ2n) is 8.20. The molecule has 0 spiro atoms. The molecule has 1 heterocycles. The standard InChI is InChI=1S/C28H31N3O2/c1-4-31(5-2)19-21-11-13-24(14-12-21)29-28(32)27-18-23-17-25(15-16-26(23)30(27)3)33-20-22-9-7-6-8-10-22/h6-18H,4-5,19-20H2,1-3H3,(H,29,32). The minimum absolute atomic E-state index is 0.128. The molecule has 1 N–H and O–H groups in total. The number of ether oxygens (including phenoxy) is 1. The first kappa shape index (κ1) is 22.6. The smallest absolute Gasteiger partial charge is 0.272 e. The molecule has 0 radical (unpaired) electrons. The van der Waals surface area contributed by atoms with Gasteiger partial charge < -0.3 is 14.6 Å². The molecule has 33 heavy (non-hydrogen) atoms. The van der Waals surface area contributed by atoms with Crippen molar-refractivity contribution in [3.05, 3.63) is 95.7 Å². The van der Waals surface area contributed by atoms with Gasteiger partial charge in [-0.15, -0.1) is 0 Å². The van der Waals surface area contributed by atoms with Gasteiger partial charge in [-0.1, -0.05) is 56.3 Å². The third-order valence-corrected chi connectivity index (χ3v) is 6.01. The van der Waals surface area contributed by atoms with Crippen molar-refractivity contribution in [3.8, 4) is 5.75 Å². The quantitative estimate of drug-likeness (QED) is 0.354. The van der Waals surface area contributed by atoms with Crippen LogP contribution < -0.4 is 10.1 Å². The Morgan fingerprint density at radius 1 is 0.909 bits per heavy atom. The first-order valence-corrected chi connectivity index (χ1v) is 11.5. The molecule has 0 fully saturated rings. The van der Waals surface area contributed by atoms with E-state index in [2.05, 4.69) is 36.2 Å². The third kappa shape index (κ3) is 5.44. The van der Waals surface area contributed by atoms with Crippen molar-refractivity contribution in [2.45, 2.75) is 27.0 Å². The molecule has 0 saturated carbocycles. The van der Waals surface area contributed by atoms with Crippen molar-refractivity contribution in [1.29, 1.82) is 0 Å². The van der Waals surface area contributed by atoms with Gasteiger partial charge in [-0.25, -0.2) is 0 Å². The van der Waals surface area contributed by atoms with Gasteiger partial charge in [-0.05, 0) is 60.6 Å². The summed E-state index contributed by atoms with van der Waals surface area (Å²) >= 11 is 0. The predicted molar refractivity (Wildman–Crippen MR) is 135 cm³/mol. The van der Waals surface area contributed by atoms with Crippen LogP contribution in [-0.2, 0) is 20.2 Å². The molecule has 0 saturated heterocycles. The topological polar surface area (TPSA) is 46.5 Å². The Hall–Kier alpha value is -3.57. The van der Waals surface area contributed by atoms with Crippen LogP contribution in [0.15, 0.2) is 78.9 Å². The van der Waals surface area contributed by atoms with E-state index < -0.39 is 0 Å². The van der Waals surface area contributed by atoms with Crippen LogP contribution in [0.2, 0.25) is 0 Å². The fourth-order valence-corrected chi connectivity index (χ4v) is 3.97. The zero-order valence-corrected chi connectivity index (χ0v) is 19.5. The zero-order chi connectivity index (χ0) is 23.2. The van der Waals surface area contributed by atoms with Gasteiger partial charge in [0, 0.05) is 30.2 Å². The molecule has 0 aliphatic carbocycles. The Bertz CT molecular complexity index is 1210. The third-order valence-electron chi connectivity index (χ3n) is 6.01. The molecule has 170 valence electrons. The first-order chi connectivity index (χ1) is 16.1. The highest BCUT2D eigenvalue weighted by molar-refractivity contribution is 6.06. The molecule has 1 amide bonds. The monoisotopic (exact) mass is 441 g/mol. The van der Waals surface area contributed by atoms with Crippen molar-refractivity contribution < 1.29 is 9.53 Å². The van der Waals surface area contributed by atoms with Gasteiger partial charge in [0.25, 0.3) is 5.91 Å². The van der Waals surface area contributed by atoms with E-state index in [9.17, 15) is 4.79 Å². The number of anilines is 1. The number of carbonyl (C=O) groups is 1. The summed E-state index contributed by atoms with van der Waals surface area (Å²) in [6, 6.07) is 26.0. The molecule has 4 rings (SSSR count). The Kier molecular flexibility index (Phi) is 7.10. The number of carbonyl (C=O) groups excluding carboxylic acids is 1. The van der Waals surface area contributed by atoms with Crippen LogP contribution in [-0.4, -0.2) is 28.5 Å². The number of nitrogens with zero attached hydrogens (tertiary/aromatic N) is 2. The lowest BCUT2D eigenvalue weighted by Gasteiger charge is -2.18. The average molecular weight is 442 g/mol. The summed E-state index contributed by atoms with van der Waals surface area (Å²) < 4.78 is 7.86. The lowest BCUT2D eigenvalue weighted by atomic mass is 10.2. The molecule has 5 heteroatoms. The highest BCUT2D eigenvalue weighted by Gasteiger charge is 2.14. The van der Waals surface area contributed by atoms with Crippen LogP contribution >= 0.6 is 0 Å². The van der Waals surface area contributed by atoms with Crippen LogP contribution in [0.5, 0.6) is 5.75 Å². The molecule has 0 aliphatic heterocycles. The first-order valence-electron chi connectivity index (χ1n) is 11.5. The van der Waals surface area contributed by atoms with Crippen molar-refractivity contribution in [1.82, 2.24) is 9.47 Å². The molecule has 0 atom stereocenters. The number of rotatable bonds is 9. The van der Waals surface area contributed by atoms with E-state index in [0.29, 0.717) is 12.3 Å². The molecule has 4 aromatic rings. The van der Waals surface area contributed by atoms with E-state index in [0.717, 1.165) is 47.5 Å². The fraction of sp³-hybridized carbons (Fsp3) is 0.250. The maximum atomic E-state index is 13.0. The second-order valence-corrected chi connectivity index (χ2v) is 8.20. The summed E-state index contributed by atoms with van der Waals surface area (Å²) in [4.78, 5) is 15.3. The lowest BCUT2D eigenvalue weighted by Crippen LogP contribution is -2.22. The minimum atomic E-state index is -0.128. The number of aryl methyl sites for hydroxylation is 1. The van der Waals surface area contributed by atoms with Gasteiger partial charge in [0.1, 0.15) is 18.1 Å². The van der Waals surface area contributed by atoms with E-state index >= 15 is 0 Å². The van der Waals surface area contributed by atoms with Gasteiger partial charge >= 0.3 is 0 Å². The lowest BCUT2D eigenvalue weighted by molar-refractivity contribution is 0.101. The predicted octanol–water partition coefficient (Wildman–Crippen LogP) is 5.85. The van der Waals surface area contributed by atoms with Gasteiger partial charge in [0.05, 0.1) is 0 Å². The zero-order valence-electron chi connectivity index (χ0n) is 19.5. The molecule has 5 nitrogen and oxygen atoms in total. The molecular weight excluding hydrogens is 410 g/mol. The van der Waals surface area contributed by atoms with Gasteiger partial charge in [0.2, 0.25) is 0 Å². The Labute approximate surface area is 195 Å². The number of hydrogen-bond donors (Lipinski definition) is 1.